The summed E-state index contributed by atoms with van der Waals surface area (Å²) in [5.74, 6) is 0.935. The van der Waals surface area contributed by atoms with Gasteiger partial charge in [0, 0.05) is 41.3 Å². The van der Waals surface area contributed by atoms with E-state index in [-0.39, 0.29) is 5.92 Å². The van der Waals surface area contributed by atoms with Crippen molar-refractivity contribution in [3.63, 3.8) is 0 Å². The van der Waals surface area contributed by atoms with Crippen LogP contribution < -0.4 is 18.9 Å². The van der Waals surface area contributed by atoms with Crippen molar-refractivity contribution in [2.24, 2.45) is 0 Å². The average molecular weight is 453 g/mol. The van der Waals surface area contributed by atoms with E-state index in [0.29, 0.717) is 36.2 Å². The van der Waals surface area contributed by atoms with E-state index in [4.69, 9.17) is 18.9 Å². The highest BCUT2D eigenvalue weighted by atomic mass is 16.5. The maximum absolute atomic E-state index is 11.6. The SMILES string of the molecule is C=CC(=O)Oc1ccc(C(CC)c2ccc(OC(=O)C=C)cc2OCCC)c(OCCC)c1. The van der Waals surface area contributed by atoms with Crippen molar-refractivity contribution in [3.05, 3.63) is 72.8 Å². The van der Waals surface area contributed by atoms with Crippen LogP contribution in [-0.2, 0) is 9.59 Å². The molecule has 6 nitrogen and oxygen atoms in total. The molecule has 0 amide bonds. The predicted molar refractivity (Wildman–Crippen MR) is 128 cm³/mol. The Bertz CT molecular complexity index is 901. The van der Waals surface area contributed by atoms with E-state index in [2.05, 4.69) is 20.1 Å². The molecule has 0 aliphatic heterocycles. The van der Waals surface area contributed by atoms with Crippen LogP contribution in [0.15, 0.2) is 61.7 Å². The van der Waals surface area contributed by atoms with Gasteiger partial charge >= 0.3 is 11.9 Å². The first kappa shape index (κ1) is 25.7. The molecular weight excluding hydrogens is 420 g/mol. The molecule has 0 aliphatic carbocycles. The fourth-order valence-electron chi connectivity index (χ4n) is 3.33. The van der Waals surface area contributed by atoms with Gasteiger partial charge in [-0.05, 0) is 31.4 Å². The molecule has 2 aromatic rings. The highest BCUT2D eigenvalue weighted by Gasteiger charge is 2.22. The zero-order chi connectivity index (χ0) is 24.2. The smallest absolute Gasteiger partial charge is 0.335 e. The van der Waals surface area contributed by atoms with E-state index < -0.39 is 11.9 Å². The highest BCUT2D eigenvalue weighted by Crippen LogP contribution is 2.41. The van der Waals surface area contributed by atoms with Crippen LogP contribution in [0.4, 0.5) is 0 Å². The van der Waals surface area contributed by atoms with Crippen LogP contribution in [-0.4, -0.2) is 25.2 Å². The summed E-state index contributed by atoms with van der Waals surface area (Å²) < 4.78 is 22.6. The van der Waals surface area contributed by atoms with E-state index in [1.807, 2.05) is 26.0 Å². The van der Waals surface area contributed by atoms with E-state index in [1.165, 1.54) is 0 Å². The third kappa shape index (κ3) is 7.24. The standard InChI is InChI=1S/C27H32O6/c1-6-15-30-24-17-19(32-26(28)9-4)11-13-22(24)21(8-3)23-14-12-20(33-27(29)10-5)18-25(23)31-16-7-2/h9-14,17-18,21H,4-8,15-16H2,1-3H3. The van der Waals surface area contributed by atoms with Gasteiger partial charge in [-0.25, -0.2) is 9.59 Å². The summed E-state index contributed by atoms with van der Waals surface area (Å²) in [6.45, 7) is 14.1. The van der Waals surface area contributed by atoms with Crippen molar-refractivity contribution in [1.29, 1.82) is 0 Å². The lowest BCUT2D eigenvalue weighted by atomic mass is 9.87. The first-order chi connectivity index (χ1) is 16.0. The monoisotopic (exact) mass is 452 g/mol. The normalized spacial score (nSPS) is 10.4. The molecule has 0 atom stereocenters. The Labute approximate surface area is 195 Å². The molecular formula is C27H32O6. The van der Waals surface area contributed by atoms with Crippen molar-refractivity contribution in [3.8, 4) is 23.0 Å². The summed E-state index contributed by atoms with van der Waals surface area (Å²) >= 11 is 0. The molecule has 0 heterocycles. The fraction of sp³-hybridized carbons (Fsp3) is 0.333. The zero-order valence-corrected chi connectivity index (χ0v) is 19.6. The van der Waals surface area contributed by atoms with Gasteiger partial charge in [-0.3, -0.25) is 0 Å². The largest absolute Gasteiger partial charge is 0.493 e. The first-order valence-corrected chi connectivity index (χ1v) is 11.2. The lowest BCUT2D eigenvalue weighted by Crippen LogP contribution is -2.10. The van der Waals surface area contributed by atoms with Crippen molar-refractivity contribution in [1.82, 2.24) is 0 Å². The van der Waals surface area contributed by atoms with Crippen LogP contribution >= 0.6 is 0 Å². The number of hydrogen-bond acceptors (Lipinski definition) is 6. The Morgan fingerprint density at radius 1 is 0.788 bits per heavy atom. The van der Waals surface area contributed by atoms with E-state index >= 15 is 0 Å². The molecule has 0 aromatic heterocycles. The number of carbonyl (C=O) groups is 2. The number of esters is 2. The summed E-state index contributed by atoms with van der Waals surface area (Å²) in [6, 6.07) is 10.7. The Morgan fingerprint density at radius 3 is 1.55 bits per heavy atom. The molecule has 33 heavy (non-hydrogen) atoms. The molecule has 2 rings (SSSR count). The minimum absolute atomic E-state index is 0.0583. The van der Waals surface area contributed by atoms with Gasteiger partial charge < -0.3 is 18.9 Å². The van der Waals surface area contributed by atoms with Gasteiger partial charge in [0.1, 0.15) is 23.0 Å². The molecule has 0 unspecified atom stereocenters. The lowest BCUT2D eigenvalue weighted by molar-refractivity contribution is -0.129. The van der Waals surface area contributed by atoms with Crippen molar-refractivity contribution < 1.29 is 28.5 Å². The molecule has 0 radical (unpaired) electrons. The maximum Gasteiger partial charge on any atom is 0.335 e. The van der Waals surface area contributed by atoms with Crippen LogP contribution in [0.25, 0.3) is 0 Å². The first-order valence-electron chi connectivity index (χ1n) is 11.2. The van der Waals surface area contributed by atoms with Gasteiger partial charge in [-0.2, -0.15) is 0 Å². The number of hydrogen-bond donors (Lipinski definition) is 0. The Balaban J connectivity index is 2.51. The second-order valence-electron chi connectivity index (χ2n) is 7.31. The van der Waals surface area contributed by atoms with Crippen LogP contribution in [0, 0.1) is 0 Å². The van der Waals surface area contributed by atoms with E-state index in [0.717, 1.165) is 42.5 Å². The zero-order valence-electron chi connectivity index (χ0n) is 19.6. The average Bonchev–Trinajstić information content (AvgIpc) is 2.83. The molecule has 176 valence electrons. The van der Waals surface area contributed by atoms with Gasteiger partial charge in [-0.15, -0.1) is 0 Å². The highest BCUT2D eigenvalue weighted by molar-refractivity contribution is 5.84. The summed E-state index contributed by atoms with van der Waals surface area (Å²) in [5.41, 5.74) is 1.89. The summed E-state index contributed by atoms with van der Waals surface area (Å²) in [4.78, 5) is 23.3. The number of ether oxygens (including phenoxy) is 4. The fourth-order valence-corrected chi connectivity index (χ4v) is 3.33. The minimum Gasteiger partial charge on any atom is -0.493 e. The van der Waals surface area contributed by atoms with Gasteiger partial charge in [0.15, 0.2) is 0 Å². The van der Waals surface area contributed by atoms with Crippen LogP contribution in [0.5, 0.6) is 23.0 Å². The summed E-state index contributed by atoms with van der Waals surface area (Å²) in [5, 5.41) is 0. The summed E-state index contributed by atoms with van der Waals surface area (Å²) in [7, 11) is 0. The van der Waals surface area contributed by atoms with Gasteiger partial charge in [-0.1, -0.05) is 46.1 Å². The third-order valence-electron chi connectivity index (χ3n) is 4.82. The number of benzene rings is 2. The minimum atomic E-state index is -0.531. The molecule has 0 N–H and O–H groups in total. The van der Waals surface area contributed by atoms with Crippen LogP contribution in [0.2, 0.25) is 0 Å². The molecule has 0 spiro atoms. The quantitative estimate of drug-likeness (QED) is 0.211. The topological polar surface area (TPSA) is 71.1 Å². The van der Waals surface area contributed by atoms with Crippen molar-refractivity contribution in [2.45, 2.75) is 46.0 Å². The Hall–Kier alpha value is -3.54. The molecule has 0 bridgehead atoms. The molecule has 6 heteroatoms. The Kier molecular flexibility index (Phi) is 10.2. The van der Waals surface area contributed by atoms with Crippen molar-refractivity contribution in [2.75, 3.05) is 13.2 Å². The van der Waals surface area contributed by atoms with Crippen LogP contribution in [0.3, 0.4) is 0 Å². The van der Waals surface area contributed by atoms with E-state index in [9.17, 15) is 9.59 Å². The third-order valence-corrected chi connectivity index (χ3v) is 4.82. The second kappa shape index (κ2) is 13.1. The lowest BCUT2D eigenvalue weighted by Gasteiger charge is -2.23. The summed E-state index contributed by atoms with van der Waals surface area (Å²) in [6.07, 6.45) is 4.67. The van der Waals surface area contributed by atoms with E-state index in [1.54, 1.807) is 24.3 Å². The van der Waals surface area contributed by atoms with Crippen LogP contribution in [0.1, 0.15) is 57.1 Å². The van der Waals surface area contributed by atoms with Gasteiger partial charge in [0.2, 0.25) is 0 Å². The number of carbonyl (C=O) groups excluding carboxylic acids is 2. The second-order valence-corrected chi connectivity index (χ2v) is 7.31. The molecule has 0 aliphatic rings. The Morgan fingerprint density at radius 2 is 1.21 bits per heavy atom. The molecule has 0 fully saturated rings. The predicted octanol–water partition coefficient (Wildman–Crippen LogP) is 5.99. The number of rotatable bonds is 13. The molecule has 0 saturated heterocycles. The van der Waals surface area contributed by atoms with Gasteiger partial charge in [0.25, 0.3) is 0 Å². The van der Waals surface area contributed by atoms with Gasteiger partial charge in [0.05, 0.1) is 13.2 Å². The molecule has 2 aromatic carbocycles. The maximum atomic E-state index is 11.6. The van der Waals surface area contributed by atoms with Crippen molar-refractivity contribution >= 4 is 11.9 Å². The molecule has 0 saturated carbocycles.